The molecule has 3 rings (SSSR count). The number of hydrogen-bond donors (Lipinski definition) is 3. The third-order valence-electron chi connectivity index (χ3n) is 4.25. The number of halogens is 2. The molecule has 5 N–H and O–H groups in total. The fraction of sp³-hybridized carbons (Fsp3) is 0.150. The van der Waals surface area contributed by atoms with Crippen molar-refractivity contribution < 1.29 is 9.90 Å². The summed E-state index contributed by atoms with van der Waals surface area (Å²) in [6.07, 6.45) is 1.33. The molecule has 0 aliphatic rings. The minimum absolute atomic E-state index is 0. The smallest absolute Gasteiger partial charge is 0.335 e. The van der Waals surface area contributed by atoms with Gasteiger partial charge in [0, 0.05) is 12.0 Å². The number of carboxylic acid groups (broad SMARTS) is 1. The van der Waals surface area contributed by atoms with Gasteiger partial charge >= 0.3 is 5.97 Å². The summed E-state index contributed by atoms with van der Waals surface area (Å²) in [4.78, 5) is 19.4. The maximum atomic E-state index is 11.0. The van der Waals surface area contributed by atoms with Gasteiger partial charge in [-0.05, 0) is 35.2 Å². The molecule has 0 aliphatic heterocycles. The van der Waals surface area contributed by atoms with Crippen molar-refractivity contribution in [2.45, 2.75) is 19.8 Å². The van der Waals surface area contributed by atoms with Gasteiger partial charge in [-0.15, -0.1) is 24.8 Å². The summed E-state index contributed by atoms with van der Waals surface area (Å²) >= 11 is 0. The standard InChI is InChI=1S/C20H20N4O2.2ClH/c1-2-17-16(18(21)24-20(22)23-17)11-12-4-3-5-15(10-12)13-6-8-14(9-7-13)19(25)26;;/h3-10H,2,11H2,1H3,(H,25,26)(H4,21,22,23,24);2*1H. The molecule has 0 unspecified atom stereocenters. The highest BCUT2D eigenvalue weighted by Crippen LogP contribution is 2.25. The van der Waals surface area contributed by atoms with E-state index in [0.717, 1.165) is 34.4 Å². The normalized spacial score (nSPS) is 9.89. The molecule has 0 spiro atoms. The van der Waals surface area contributed by atoms with Crippen molar-refractivity contribution in [3.8, 4) is 11.1 Å². The summed E-state index contributed by atoms with van der Waals surface area (Å²) in [5.74, 6) is -0.336. The third-order valence-corrected chi connectivity index (χ3v) is 4.25. The number of anilines is 2. The quantitative estimate of drug-likeness (QED) is 0.574. The Balaban J connectivity index is 0.00000196. The Hall–Kier alpha value is -2.83. The summed E-state index contributed by atoms with van der Waals surface area (Å²) in [5, 5.41) is 9.02. The third kappa shape index (κ3) is 5.12. The predicted molar refractivity (Wildman–Crippen MR) is 116 cm³/mol. The van der Waals surface area contributed by atoms with Gasteiger partial charge < -0.3 is 16.6 Å². The zero-order valence-electron chi connectivity index (χ0n) is 15.3. The SMILES string of the molecule is CCc1nc(N)nc(N)c1Cc1cccc(-c2ccc(C(=O)O)cc2)c1.Cl.Cl. The molecular formula is C20H22Cl2N4O2. The van der Waals surface area contributed by atoms with Gasteiger partial charge in [0.15, 0.2) is 0 Å². The minimum Gasteiger partial charge on any atom is -0.478 e. The van der Waals surface area contributed by atoms with Crippen molar-refractivity contribution >= 4 is 42.5 Å². The van der Waals surface area contributed by atoms with Gasteiger partial charge in [-0.1, -0.05) is 43.3 Å². The van der Waals surface area contributed by atoms with E-state index in [2.05, 4.69) is 16.0 Å². The fourth-order valence-corrected chi connectivity index (χ4v) is 2.92. The zero-order chi connectivity index (χ0) is 18.7. The summed E-state index contributed by atoms with van der Waals surface area (Å²) in [6, 6.07) is 14.9. The highest BCUT2D eigenvalue weighted by Gasteiger charge is 2.11. The van der Waals surface area contributed by atoms with E-state index in [0.29, 0.717) is 12.2 Å². The van der Waals surface area contributed by atoms with E-state index in [-0.39, 0.29) is 36.3 Å². The molecule has 6 nitrogen and oxygen atoms in total. The minimum atomic E-state index is -0.934. The van der Waals surface area contributed by atoms with Crippen molar-refractivity contribution in [2.24, 2.45) is 0 Å². The van der Waals surface area contributed by atoms with Gasteiger partial charge in [0.1, 0.15) is 5.82 Å². The van der Waals surface area contributed by atoms with Crippen LogP contribution in [0.4, 0.5) is 11.8 Å². The number of aromatic carboxylic acids is 1. The second-order valence-electron chi connectivity index (χ2n) is 6.01. The molecule has 0 fully saturated rings. The lowest BCUT2D eigenvalue weighted by Gasteiger charge is -2.12. The molecule has 0 radical (unpaired) electrons. The number of carboxylic acids is 1. The molecule has 148 valence electrons. The van der Waals surface area contributed by atoms with Crippen molar-refractivity contribution in [1.29, 1.82) is 0 Å². The van der Waals surface area contributed by atoms with Crippen LogP contribution in [0.15, 0.2) is 48.5 Å². The Morgan fingerprint density at radius 1 is 1.00 bits per heavy atom. The maximum absolute atomic E-state index is 11.0. The van der Waals surface area contributed by atoms with E-state index in [1.807, 2.05) is 25.1 Å². The van der Waals surface area contributed by atoms with Gasteiger partial charge in [-0.2, -0.15) is 4.98 Å². The molecule has 2 aromatic carbocycles. The van der Waals surface area contributed by atoms with Crippen molar-refractivity contribution in [3.63, 3.8) is 0 Å². The lowest BCUT2D eigenvalue weighted by atomic mass is 9.97. The zero-order valence-corrected chi connectivity index (χ0v) is 16.9. The van der Waals surface area contributed by atoms with Crippen LogP contribution in [0.1, 0.15) is 34.1 Å². The summed E-state index contributed by atoms with van der Waals surface area (Å²) in [5.41, 5.74) is 16.8. The monoisotopic (exact) mass is 420 g/mol. The fourth-order valence-electron chi connectivity index (χ4n) is 2.92. The van der Waals surface area contributed by atoms with E-state index in [1.54, 1.807) is 24.3 Å². The number of rotatable bonds is 5. The average Bonchev–Trinajstić information content (AvgIpc) is 2.64. The van der Waals surface area contributed by atoms with Gasteiger partial charge in [-0.3, -0.25) is 0 Å². The summed E-state index contributed by atoms with van der Waals surface area (Å²) in [7, 11) is 0. The number of carbonyl (C=O) groups is 1. The first kappa shape index (κ1) is 23.2. The molecule has 0 atom stereocenters. The van der Waals surface area contributed by atoms with Crippen LogP contribution in [0, 0.1) is 0 Å². The van der Waals surface area contributed by atoms with E-state index in [1.165, 1.54) is 0 Å². The molecule has 0 aliphatic carbocycles. The highest BCUT2D eigenvalue weighted by atomic mass is 35.5. The average molecular weight is 421 g/mol. The van der Waals surface area contributed by atoms with Crippen LogP contribution in [-0.2, 0) is 12.8 Å². The molecule has 1 aromatic heterocycles. The maximum Gasteiger partial charge on any atom is 0.335 e. The van der Waals surface area contributed by atoms with Crippen molar-refractivity contribution in [2.75, 3.05) is 11.5 Å². The predicted octanol–water partition coefficient (Wildman–Crippen LogP) is 4.00. The number of hydrogen-bond acceptors (Lipinski definition) is 5. The lowest BCUT2D eigenvalue weighted by Crippen LogP contribution is -2.09. The van der Waals surface area contributed by atoms with Crippen LogP contribution in [0.25, 0.3) is 11.1 Å². The van der Waals surface area contributed by atoms with Gasteiger partial charge in [-0.25, -0.2) is 9.78 Å². The summed E-state index contributed by atoms with van der Waals surface area (Å²) in [6.45, 7) is 2.01. The highest BCUT2D eigenvalue weighted by molar-refractivity contribution is 5.88. The first-order valence-corrected chi connectivity index (χ1v) is 8.31. The number of aromatic nitrogens is 2. The topological polar surface area (TPSA) is 115 Å². The van der Waals surface area contributed by atoms with Crippen molar-refractivity contribution in [1.82, 2.24) is 9.97 Å². The van der Waals surface area contributed by atoms with E-state index in [9.17, 15) is 4.79 Å². The van der Waals surface area contributed by atoms with Crippen LogP contribution in [0.2, 0.25) is 0 Å². The Bertz CT molecular complexity index is 963. The van der Waals surface area contributed by atoms with Crippen LogP contribution >= 0.6 is 24.8 Å². The Kier molecular flexibility index (Phi) is 8.22. The van der Waals surface area contributed by atoms with Gasteiger partial charge in [0.25, 0.3) is 0 Å². The first-order valence-electron chi connectivity index (χ1n) is 8.31. The number of nitrogens with two attached hydrogens (primary N) is 2. The van der Waals surface area contributed by atoms with E-state index in [4.69, 9.17) is 16.6 Å². The van der Waals surface area contributed by atoms with Crippen LogP contribution in [-0.4, -0.2) is 21.0 Å². The first-order chi connectivity index (χ1) is 12.5. The molecule has 28 heavy (non-hydrogen) atoms. The number of nitrogen functional groups attached to an aromatic ring is 2. The molecule has 8 heteroatoms. The Morgan fingerprint density at radius 3 is 2.29 bits per heavy atom. The second-order valence-corrected chi connectivity index (χ2v) is 6.01. The molecule has 0 amide bonds. The number of benzene rings is 2. The Labute approximate surface area is 175 Å². The second kappa shape index (κ2) is 9.92. The molecular weight excluding hydrogens is 399 g/mol. The van der Waals surface area contributed by atoms with E-state index >= 15 is 0 Å². The molecule has 0 saturated heterocycles. The largest absolute Gasteiger partial charge is 0.478 e. The van der Waals surface area contributed by atoms with Crippen molar-refractivity contribution in [3.05, 3.63) is 70.9 Å². The summed E-state index contributed by atoms with van der Waals surface area (Å²) < 4.78 is 0. The molecule has 3 aromatic rings. The lowest BCUT2D eigenvalue weighted by molar-refractivity contribution is 0.0697. The van der Waals surface area contributed by atoms with Crippen LogP contribution in [0.5, 0.6) is 0 Å². The van der Waals surface area contributed by atoms with E-state index < -0.39 is 5.97 Å². The molecule has 0 bridgehead atoms. The molecule has 0 saturated carbocycles. The molecule has 1 heterocycles. The van der Waals surface area contributed by atoms with Crippen LogP contribution in [0.3, 0.4) is 0 Å². The van der Waals surface area contributed by atoms with Crippen LogP contribution < -0.4 is 11.5 Å². The van der Waals surface area contributed by atoms with Gasteiger partial charge in [0.2, 0.25) is 5.95 Å². The Morgan fingerprint density at radius 2 is 1.68 bits per heavy atom. The number of nitrogens with zero attached hydrogens (tertiary/aromatic N) is 2. The van der Waals surface area contributed by atoms with Gasteiger partial charge in [0.05, 0.1) is 11.3 Å². The number of aryl methyl sites for hydroxylation is 1.